The van der Waals surface area contributed by atoms with Crippen molar-refractivity contribution in [3.05, 3.63) is 29.8 Å². The Balaban J connectivity index is 0.00000420. The highest BCUT2D eigenvalue weighted by molar-refractivity contribution is 14.0. The van der Waals surface area contributed by atoms with Gasteiger partial charge in [0, 0.05) is 46.9 Å². The number of sulfonamides is 1. The fraction of sp³-hybridized carbons (Fsp3) is 0.650. The number of aliphatic imine (C=N–C) groups is 1. The maximum absolute atomic E-state index is 12.5. The lowest BCUT2D eigenvalue weighted by atomic mass is 10.2. The second-order valence-electron chi connectivity index (χ2n) is 7.60. The third-order valence-electron chi connectivity index (χ3n) is 4.97. The van der Waals surface area contributed by atoms with E-state index in [4.69, 9.17) is 4.74 Å². The molecular formula is C20H35IN4O3S. The zero-order chi connectivity index (χ0) is 20.7. The lowest BCUT2D eigenvalue weighted by Gasteiger charge is -2.22. The van der Waals surface area contributed by atoms with Crippen molar-refractivity contribution in [3.8, 4) is 0 Å². The Morgan fingerprint density at radius 2 is 1.86 bits per heavy atom. The first-order chi connectivity index (χ1) is 13.3. The number of nitrogens with zero attached hydrogens (tertiary/aromatic N) is 3. The summed E-state index contributed by atoms with van der Waals surface area (Å²) in [7, 11) is 1.88. The Hall–Kier alpha value is -0.910. The summed E-state index contributed by atoms with van der Waals surface area (Å²) in [5.74, 6) is 1.56. The monoisotopic (exact) mass is 538 g/mol. The maximum Gasteiger partial charge on any atom is 0.243 e. The van der Waals surface area contributed by atoms with Crippen LogP contribution in [-0.4, -0.2) is 70.5 Å². The van der Waals surface area contributed by atoms with Crippen LogP contribution in [0.15, 0.2) is 34.2 Å². The number of ether oxygens (including phenoxy) is 1. The quantitative estimate of drug-likeness (QED) is 0.215. The normalized spacial score (nSPS) is 14.8. The largest absolute Gasteiger partial charge is 0.379 e. The van der Waals surface area contributed by atoms with Gasteiger partial charge in [0.05, 0.1) is 11.5 Å². The highest BCUT2D eigenvalue weighted by atomic mass is 127. The molecule has 0 aromatic heterocycles. The molecule has 1 aliphatic rings. The van der Waals surface area contributed by atoms with Gasteiger partial charge in [-0.1, -0.05) is 12.1 Å². The van der Waals surface area contributed by atoms with Crippen LogP contribution in [0.5, 0.6) is 0 Å². The Bertz CT molecular complexity index is 749. The van der Waals surface area contributed by atoms with Crippen LogP contribution < -0.4 is 5.32 Å². The van der Waals surface area contributed by atoms with E-state index in [1.54, 1.807) is 26.2 Å². The van der Waals surface area contributed by atoms with Crippen molar-refractivity contribution in [2.45, 2.75) is 44.2 Å². The zero-order valence-electron chi connectivity index (χ0n) is 18.1. The summed E-state index contributed by atoms with van der Waals surface area (Å²) in [5.41, 5.74) is 0.991. The van der Waals surface area contributed by atoms with E-state index in [1.165, 1.54) is 17.1 Å². The molecular weight excluding hydrogens is 503 g/mol. The Kier molecular flexibility index (Phi) is 10.9. The summed E-state index contributed by atoms with van der Waals surface area (Å²) in [6.45, 7) is 6.60. The molecule has 0 atom stereocenters. The second kappa shape index (κ2) is 12.1. The van der Waals surface area contributed by atoms with E-state index in [9.17, 15) is 8.42 Å². The molecule has 9 heteroatoms. The van der Waals surface area contributed by atoms with E-state index in [0.717, 1.165) is 30.6 Å². The molecule has 0 unspecified atom stereocenters. The van der Waals surface area contributed by atoms with Gasteiger partial charge in [-0.05, 0) is 50.3 Å². The van der Waals surface area contributed by atoms with E-state index in [0.29, 0.717) is 18.0 Å². The van der Waals surface area contributed by atoms with Gasteiger partial charge in [-0.15, -0.1) is 24.0 Å². The molecule has 0 spiro atoms. The zero-order valence-corrected chi connectivity index (χ0v) is 21.2. The fourth-order valence-corrected chi connectivity index (χ4v) is 4.00. The molecule has 166 valence electrons. The summed E-state index contributed by atoms with van der Waals surface area (Å²) in [6, 6.07) is 6.89. The van der Waals surface area contributed by atoms with Crippen LogP contribution in [-0.2, 0) is 21.3 Å². The van der Waals surface area contributed by atoms with Crippen molar-refractivity contribution >= 4 is 40.0 Å². The van der Waals surface area contributed by atoms with Crippen molar-refractivity contribution in [2.24, 2.45) is 10.9 Å². The Morgan fingerprint density at radius 1 is 1.24 bits per heavy atom. The third-order valence-corrected chi connectivity index (χ3v) is 7.02. The van der Waals surface area contributed by atoms with Gasteiger partial charge in [-0.2, -0.15) is 4.31 Å². The predicted molar refractivity (Wildman–Crippen MR) is 128 cm³/mol. The molecule has 1 fully saturated rings. The molecule has 1 saturated carbocycles. The SMILES string of the molecule is CN=C(NCc1ccc(S(=O)(=O)N(C)C(C)C)cc1)N(C)CCOCC1CC1.I. The van der Waals surface area contributed by atoms with E-state index in [2.05, 4.69) is 10.3 Å². The Morgan fingerprint density at radius 3 is 2.38 bits per heavy atom. The summed E-state index contributed by atoms with van der Waals surface area (Å²) in [6.07, 6.45) is 2.60. The molecule has 1 aliphatic carbocycles. The van der Waals surface area contributed by atoms with E-state index < -0.39 is 10.0 Å². The molecule has 0 saturated heterocycles. The summed E-state index contributed by atoms with van der Waals surface area (Å²) >= 11 is 0. The van der Waals surface area contributed by atoms with Crippen molar-refractivity contribution in [1.29, 1.82) is 0 Å². The summed E-state index contributed by atoms with van der Waals surface area (Å²) < 4.78 is 32.1. The molecule has 2 rings (SSSR count). The predicted octanol–water partition coefficient (Wildman–Crippen LogP) is 2.77. The highest BCUT2D eigenvalue weighted by Crippen LogP contribution is 2.28. The van der Waals surface area contributed by atoms with Crippen molar-refractivity contribution < 1.29 is 13.2 Å². The van der Waals surface area contributed by atoms with E-state index in [1.807, 2.05) is 37.9 Å². The number of hydrogen-bond acceptors (Lipinski definition) is 4. The van der Waals surface area contributed by atoms with Gasteiger partial charge in [0.15, 0.2) is 5.96 Å². The van der Waals surface area contributed by atoms with Gasteiger partial charge in [0.25, 0.3) is 0 Å². The van der Waals surface area contributed by atoms with Crippen LogP contribution in [0.2, 0.25) is 0 Å². The van der Waals surface area contributed by atoms with Crippen LogP contribution >= 0.6 is 24.0 Å². The second-order valence-corrected chi connectivity index (χ2v) is 9.60. The average Bonchev–Trinajstić information content (AvgIpc) is 3.49. The standard InChI is InChI=1S/C20H34N4O3S.HI/c1-16(2)24(5)28(25,26)19-10-8-17(9-11-19)14-22-20(21-3)23(4)12-13-27-15-18-6-7-18;/h8-11,16,18H,6-7,12-15H2,1-5H3,(H,21,22);1H. The van der Waals surface area contributed by atoms with Crippen LogP contribution in [0.25, 0.3) is 0 Å². The molecule has 1 aromatic carbocycles. The molecule has 0 amide bonds. The number of hydrogen-bond donors (Lipinski definition) is 1. The van der Waals surface area contributed by atoms with Crippen molar-refractivity contribution in [2.75, 3.05) is 40.9 Å². The number of halogens is 1. The first-order valence-corrected chi connectivity index (χ1v) is 11.3. The lowest BCUT2D eigenvalue weighted by Crippen LogP contribution is -2.40. The van der Waals surface area contributed by atoms with E-state index >= 15 is 0 Å². The molecule has 1 N–H and O–H groups in total. The van der Waals surface area contributed by atoms with Gasteiger partial charge >= 0.3 is 0 Å². The van der Waals surface area contributed by atoms with Gasteiger partial charge in [0.2, 0.25) is 10.0 Å². The molecule has 0 heterocycles. The maximum atomic E-state index is 12.5. The molecule has 0 bridgehead atoms. The third kappa shape index (κ3) is 8.03. The summed E-state index contributed by atoms with van der Waals surface area (Å²) in [5, 5.41) is 3.31. The highest BCUT2D eigenvalue weighted by Gasteiger charge is 2.23. The minimum Gasteiger partial charge on any atom is -0.379 e. The van der Waals surface area contributed by atoms with Crippen LogP contribution in [0, 0.1) is 5.92 Å². The van der Waals surface area contributed by atoms with E-state index in [-0.39, 0.29) is 30.0 Å². The smallest absolute Gasteiger partial charge is 0.243 e. The number of guanidine groups is 1. The Labute approximate surface area is 193 Å². The van der Waals surface area contributed by atoms with Crippen molar-refractivity contribution in [3.63, 3.8) is 0 Å². The molecule has 7 nitrogen and oxygen atoms in total. The van der Waals surface area contributed by atoms with Crippen molar-refractivity contribution in [1.82, 2.24) is 14.5 Å². The molecule has 0 aliphatic heterocycles. The summed E-state index contributed by atoms with van der Waals surface area (Å²) in [4.78, 5) is 6.64. The number of rotatable bonds is 10. The van der Waals surface area contributed by atoms with Crippen LogP contribution in [0.3, 0.4) is 0 Å². The first kappa shape index (κ1) is 26.1. The van der Waals surface area contributed by atoms with Crippen LogP contribution in [0.4, 0.5) is 0 Å². The molecule has 1 aromatic rings. The molecule has 29 heavy (non-hydrogen) atoms. The minimum absolute atomic E-state index is 0. The van der Waals surface area contributed by atoms with Gasteiger partial charge < -0.3 is 15.0 Å². The van der Waals surface area contributed by atoms with Gasteiger partial charge in [0.1, 0.15) is 0 Å². The van der Waals surface area contributed by atoms with Gasteiger partial charge in [-0.3, -0.25) is 4.99 Å². The molecule has 0 radical (unpaired) electrons. The lowest BCUT2D eigenvalue weighted by molar-refractivity contribution is 0.115. The van der Waals surface area contributed by atoms with Crippen LogP contribution in [0.1, 0.15) is 32.3 Å². The number of benzene rings is 1. The number of nitrogens with one attached hydrogen (secondary N) is 1. The van der Waals surface area contributed by atoms with Gasteiger partial charge in [-0.25, -0.2) is 8.42 Å². The number of likely N-dealkylation sites (N-methyl/N-ethyl adjacent to an activating group) is 1. The average molecular weight is 538 g/mol. The minimum atomic E-state index is -3.45. The topological polar surface area (TPSA) is 74.2 Å². The fourth-order valence-electron chi connectivity index (χ4n) is 2.63. The first-order valence-electron chi connectivity index (χ1n) is 9.82.